The van der Waals surface area contributed by atoms with Gasteiger partial charge in [0.25, 0.3) is 0 Å². The molecule has 28 heavy (non-hydrogen) atoms. The number of amides is 1. The number of esters is 1. The first-order valence-electron chi connectivity index (χ1n) is 9.49. The van der Waals surface area contributed by atoms with E-state index >= 15 is 0 Å². The largest absolute Gasteiger partial charge is 0.466 e. The molecule has 9 heteroatoms. The van der Waals surface area contributed by atoms with E-state index in [9.17, 15) is 18.0 Å². The Labute approximate surface area is 170 Å². The summed E-state index contributed by atoms with van der Waals surface area (Å²) in [5.74, 6) is -0.824. The molecule has 2 unspecified atom stereocenters. The number of hydrogen-bond donors (Lipinski definition) is 0. The van der Waals surface area contributed by atoms with Crippen molar-refractivity contribution in [3.05, 3.63) is 18.2 Å². The van der Waals surface area contributed by atoms with Crippen molar-refractivity contribution in [2.75, 3.05) is 31.1 Å². The maximum atomic E-state index is 13.2. The highest BCUT2D eigenvalue weighted by Crippen LogP contribution is 2.40. The van der Waals surface area contributed by atoms with E-state index in [1.54, 1.807) is 41.8 Å². The van der Waals surface area contributed by atoms with Gasteiger partial charge in [-0.15, -0.1) is 11.8 Å². The van der Waals surface area contributed by atoms with Crippen LogP contribution in [0, 0.1) is 5.92 Å². The van der Waals surface area contributed by atoms with Crippen molar-refractivity contribution in [3.63, 3.8) is 0 Å². The van der Waals surface area contributed by atoms with E-state index < -0.39 is 15.9 Å². The van der Waals surface area contributed by atoms with Gasteiger partial charge >= 0.3 is 5.97 Å². The lowest BCUT2D eigenvalue weighted by Crippen LogP contribution is -2.42. The SMILES string of the molecule is CCOC(=O)C1CCCN(S(=O)(=O)c2ccc3c(c2)SC(C)CN3C(C)=O)C1. The molecule has 1 fully saturated rings. The molecule has 0 aromatic heterocycles. The predicted molar refractivity (Wildman–Crippen MR) is 108 cm³/mol. The van der Waals surface area contributed by atoms with E-state index in [1.165, 1.54) is 11.2 Å². The molecule has 0 radical (unpaired) electrons. The monoisotopic (exact) mass is 426 g/mol. The predicted octanol–water partition coefficient (Wildman–Crippen LogP) is 2.50. The lowest BCUT2D eigenvalue weighted by Gasteiger charge is -2.33. The zero-order valence-electron chi connectivity index (χ0n) is 16.4. The minimum Gasteiger partial charge on any atom is -0.466 e. The molecule has 2 aliphatic rings. The van der Waals surface area contributed by atoms with Gasteiger partial charge in [0, 0.05) is 36.7 Å². The highest BCUT2D eigenvalue weighted by atomic mass is 32.2. The zero-order valence-corrected chi connectivity index (χ0v) is 18.0. The van der Waals surface area contributed by atoms with Crippen LogP contribution in [0.15, 0.2) is 28.0 Å². The van der Waals surface area contributed by atoms with E-state index in [-0.39, 0.29) is 35.2 Å². The maximum absolute atomic E-state index is 13.2. The average Bonchev–Trinajstić information content (AvgIpc) is 2.67. The van der Waals surface area contributed by atoms with Crippen LogP contribution < -0.4 is 4.90 Å². The molecule has 2 aliphatic heterocycles. The van der Waals surface area contributed by atoms with Crippen LogP contribution in [0.4, 0.5) is 5.69 Å². The second-order valence-corrected chi connectivity index (χ2v) is 10.6. The van der Waals surface area contributed by atoms with Gasteiger partial charge in [0.05, 0.1) is 23.1 Å². The maximum Gasteiger partial charge on any atom is 0.310 e. The summed E-state index contributed by atoms with van der Waals surface area (Å²) in [6.45, 7) is 6.69. The number of carbonyl (C=O) groups is 2. The van der Waals surface area contributed by atoms with Crippen LogP contribution in [0.1, 0.15) is 33.6 Å². The van der Waals surface area contributed by atoms with Crippen LogP contribution in [0.5, 0.6) is 0 Å². The summed E-state index contributed by atoms with van der Waals surface area (Å²) in [7, 11) is -3.72. The molecule has 0 saturated carbocycles. The summed E-state index contributed by atoms with van der Waals surface area (Å²) >= 11 is 1.57. The van der Waals surface area contributed by atoms with Crippen molar-refractivity contribution >= 4 is 39.3 Å². The number of piperidine rings is 1. The minimum atomic E-state index is -3.72. The fourth-order valence-electron chi connectivity index (χ4n) is 3.64. The number of nitrogens with zero attached hydrogens (tertiary/aromatic N) is 2. The van der Waals surface area contributed by atoms with E-state index in [4.69, 9.17) is 4.74 Å². The molecule has 7 nitrogen and oxygen atoms in total. The third-order valence-corrected chi connectivity index (χ3v) is 8.01. The molecular formula is C19H26N2O5S2. The summed E-state index contributed by atoms with van der Waals surface area (Å²) in [5, 5.41) is 0.178. The summed E-state index contributed by atoms with van der Waals surface area (Å²) in [5.41, 5.74) is 0.748. The van der Waals surface area contributed by atoms with Gasteiger partial charge in [-0.2, -0.15) is 4.31 Å². The van der Waals surface area contributed by atoms with Crippen LogP contribution in [0.25, 0.3) is 0 Å². The minimum absolute atomic E-state index is 0.0580. The molecule has 0 spiro atoms. The molecule has 2 atom stereocenters. The number of anilines is 1. The topological polar surface area (TPSA) is 84.0 Å². The average molecular weight is 427 g/mol. The molecule has 0 aliphatic carbocycles. The number of thioether (sulfide) groups is 1. The number of hydrogen-bond acceptors (Lipinski definition) is 6. The van der Waals surface area contributed by atoms with Gasteiger partial charge in [-0.3, -0.25) is 9.59 Å². The first-order valence-corrected chi connectivity index (χ1v) is 11.8. The smallest absolute Gasteiger partial charge is 0.310 e. The van der Waals surface area contributed by atoms with Gasteiger partial charge in [0.15, 0.2) is 0 Å². The van der Waals surface area contributed by atoms with E-state index in [1.807, 2.05) is 6.92 Å². The fourth-order valence-corrected chi connectivity index (χ4v) is 6.42. The zero-order chi connectivity index (χ0) is 20.5. The number of rotatable bonds is 4. The normalized spacial score (nSPS) is 23.2. The Balaban J connectivity index is 1.87. The Morgan fingerprint density at radius 3 is 2.71 bits per heavy atom. The number of carbonyl (C=O) groups excluding carboxylic acids is 2. The Kier molecular flexibility index (Phi) is 6.36. The van der Waals surface area contributed by atoms with Gasteiger partial charge in [-0.05, 0) is 38.0 Å². The number of benzene rings is 1. The van der Waals surface area contributed by atoms with Gasteiger partial charge in [-0.25, -0.2) is 8.42 Å². The van der Waals surface area contributed by atoms with Crippen LogP contribution in [0.2, 0.25) is 0 Å². The molecule has 0 bridgehead atoms. The second kappa shape index (κ2) is 8.42. The molecule has 3 rings (SSSR count). The van der Waals surface area contributed by atoms with E-state index in [0.29, 0.717) is 25.9 Å². The van der Waals surface area contributed by atoms with E-state index in [0.717, 1.165) is 10.6 Å². The summed E-state index contributed by atoms with van der Waals surface area (Å²) in [6, 6.07) is 4.90. The van der Waals surface area contributed by atoms with Gasteiger partial charge < -0.3 is 9.64 Å². The number of ether oxygens (including phenoxy) is 1. The molecule has 1 aromatic carbocycles. The first-order chi connectivity index (χ1) is 13.2. The molecular weight excluding hydrogens is 400 g/mol. The highest BCUT2D eigenvalue weighted by Gasteiger charge is 2.35. The molecule has 1 amide bonds. The second-order valence-electron chi connectivity index (χ2n) is 7.14. The van der Waals surface area contributed by atoms with Crippen LogP contribution in [-0.2, 0) is 24.3 Å². The lowest BCUT2D eigenvalue weighted by atomic mass is 10.0. The van der Waals surface area contributed by atoms with Crippen molar-refractivity contribution < 1.29 is 22.7 Å². The molecule has 2 heterocycles. The van der Waals surface area contributed by atoms with Crippen molar-refractivity contribution in [1.82, 2.24) is 4.31 Å². The quantitative estimate of drug-likeness (QED) is 0.688. The number of sulfonamides is 1. The Hall–Kier alpha value is -1.58. The molecule has 1 saturated heterocycles. The third-order valence-electron chi connectivity index (χ3n) is 5.01. The molecule has 1 aromatic rings. The van der Waals surface area contributed by atoms with Crippen molar-refractivity contribution in [2.45, 2.75) is 48.7 Å². The summed E-state index contributed by atoms with van der Waals surface area (Å²) in [6.07, 6.45) is 1.26. The standard InChI is InChI=1S/C19H26N2O5S2/c1-4-26-19(23)15-6-5-9-20(12-15)28(24,25)16-7-8-17-18(10-16)27-13(2)11-21(17)14(3)22/h7-8,10,13,15H,4-6,9,11-12H2,1-3H3. The third kappa shape index (κ3) is 4.21. The van der Waals surface area contributed by atoms with Crippen LogP contribution in [0.3, 0.4) is 0 Å². The van der Waals surface area contributed by atoms with E-state index in [2.05, 4.69) is 0 Å². The van der Waals surface area contributed by atoms with Crippen molar-refractivity contribution in [3.8, 4) is 0 Å². The van der Waals surface area contributed by atoms with Gasteiger partial charge in [-0.1, -0.05) is 6.92 Å². The van der Waals surface area contributed by atoms with Crippen LogP contribution in [-0.4, -0.2) is 56.1 Å². The lowest BCUT2D eigenvalue weighted by molar-refractivity contribution is -0.149. The molecule has 0 N–H and O–H groups in total. The Bertz CT molecular complexity index is 871. The van der Waals surface area contributed by atoms with Crippen molar-refractivity contribution in [1.29, 1.82) is 0 Å². The summed E-state index contributed by atoms with van der Waals surface area (Å²) in [4.78, 5) is 26.7. The Morgan fingerprint density at radius 1 is 1.29 bits per heavy atom. The van der Waals surface area contributed by atoms with Gasteiger partial charge in [0.1, 0.15) is 0 Å². The Morgan fingerprint density at radius 2 is 2.04 bits per heavy atom. The summed E-state index contributed by atoms with van der Waals surface area (Å²) < 4.78 is 32.8. The number of fused-ring (bicyclic) bond motifs is 1. The van der Waals surface area contributed by atoms with Gasteiger partial charge in [0.2, 0.25) is 15.9 Å². The van der Waals surface area contributed by atoms with Crippen molar-refractivity contribution in [2.24, 2.45) is 5.92 Å². The molecule has 154 valence electrons. The first kappa shape index (κ1) is 21.1. The fraction of sp³-hybridized carbons (Fsp3) is 0.579. The van der Waals surface area contributed by atoms with Crippen LogP contribution >= 0.6 is 11.8 Å². The highest BCUT2D eigenvalue weighted by molar-refractivity contribution is 8.00.